The number of hydrogen-bond donors (Lipinski definition) is 3. The molecule has 0 aromatic carbocycles. The highest BCUT2D eigenvalue weighted by atomic mass is 16.4. The Bertz CT molecular complexity index is 629. The number of hydrogen-bond acceptors (Lipinski definition) is 4. The first-order valence-electron chi connectivity index (χ1n) is 20.0. The third kappa shape index (κ3) is 64.6. The molecule has 3 N–H and O–H groups in total. The largest absolute Gasteiger partial charge is 0.481 e. The molecule has 0 unspecified atom stereocenters. The fourth-order valence-electron chi connectivity index (χ4n) is 4.98. The molecule has 290 valence electrons. The molecule has 0 aliphatic rings. The average molecular weight is 696 g/mol. The van der Waals surface area contributed by atoms with Crippen molar-refractivity contribution in [2.75, 3.05) is 0 Å². The molecule has 0 fully saturated rings. The van der Waals surface area contributed by atoms with Crippen LogP contribution in [0.25, 0.3) is 0 Å². The number of rotatable bonds is 33. The van der Waals surface area contributed by atoms with Crippen molar-refractivity contribution in [3.8, 4) is 0 Å². The Kier molecular flexibility index (Phi) is 54.1. The molecular weight excluding hydrogens is 614 g/mol. The maximum absolute atomic E-state index is 10.2. The molecule has 0 aliphatic carbocycles. The third-order valence-electron chi connectivity index (χ3n) is 8.12. The van der Waals surface area contributed by atoms with Crippen LogP contribution in [0.3, 0.4) is 0 Å². The molecule has 0 saturated carbocycles. The molecule has 0 atom stereocenters. The molecule has 0 radical (unpaired) electrons. The highest BCUT2D eigenvalue weighted by Gasteiger charge is 1.98. The van der Waals surface area contributed by atoms with E-state index < -0.39 is 17.9 Å². The second kappa shape index (κ2) is 49.8. The van der Waals surface area contributed by atoms with E-state index in [0.29, 0.717) is 19.3 Å². The second-order valence-corrected chi connectivity index (χ2v) is 12.9. The zero-order valence-electron chi connectivity index (χ0n) is 32.6. The molecule has 0 aromatic heterocycles. The van der Waals surface area contributed by atoms with Crippen LogP contribution in [0.2, 0.25) is 0 Å². The molecule has 7 nitrogen and oxygen atoms in total. The summed E-state index contributed by atoms with van der Waals surface area (Å²) in [6, 6.07) is 0. The van der Waals surface area contributed by atoms with Crippen LogP contribution in [0, 0.1) is 0 Å². The van der Waals surface area contributed by atoms with Crippen LogP contribution < -0.4 is 0 Å². The van der Waals surface area contributed by atoms with Gasteiger partial charge in [-0.1, -0.05) is 195 Å². The number of unbranched alkanes of at least 4 members (excludes halogenated alkanes) is 24. The summed E-state index contributed by atoms with van der Waals surface area (Å²) in [5.74, 6) is -1.98. The predicted molar refractivity (Wildman–Crippen MR) is 211 cm³/mol. The van der Waals surface area contributed by atoms with Gasteiger partial charge in [-0.15, -0.1) is 0 Å². The van der Waals surface area contributed by atoms with Crippen LogP contribution in [0.5, 0.6) is 0 Å². The van der Waals surface area contributed by atoms with Crippen molar-refractivity contribution in [3.05, 3.63) is 38.3 Å². The van der Waals surface area contributed by atoms with Crippen molar-refractivity contribution >= 4 is 17.9 Å². The number of carbonyl (C=O) groups is 3. The van der Waals surface area contributed by atoms with Crippen molar-refractivity contribution in [3.63, 3.8) is 0 Å². The topological polar surface area (TPSA) is 115 Å². The van der Waals surface area contributed by atoms with E-state index >= 15 is 0 Å². The summed E-state index contributed by atoms with van der Waals surface area (Å²) in [4.78, 5) is 32.3. The minimum atomic E-state index is -0.659. The summed E-state index contributed by atoms with van der Waals surface area (Å²) in [5.41, 5.74) is 0. The molecule has 0 spiro atoms. The molecular formula is C42H81NO6. The Hall–Kier alpha value is -2.57. The lowest BCUT2D eigenvalue weighted by Crippen LogP contribution is -1.94. The number of carboxylic acids is 3. The summed E-state index contributed by atoms with van der Waals surface area (Å²) in [6.45, 7) is 17.1. The summed E-state index contributed by atoms with van der Waals surface area (Å²) < 4.78 is 0. The Morgan fingerprint density at radius 2 is 0.531 bits per heavy atom. The van der Waals surface area contributed by atoms with Gasteiger partial charge in [0.25, 0.3) is 0 Å². The van der Waals surface area contributed by atoms with Gasteiger partial charge in [-0.25, -0.2) is 0 Å². The molecule has 49 heavy (non-hydrogen) atoms. The average Bonchev–Trinajstić information content (AvgIpc) is 3.07. The van der Waals surface area contributed by atoms with Crippen molar-refractivity contribution < 1.29 is 29.7 Å². The standard InChI is InChI=1S/3C12H24O2.C6H9N/c3*1-2-3-4-5-6-7-8-9-10-11-12(13)14;1-4-7(5-2)6-3/h3*2-11H2,1H3,(H,13,14);4-6H,1-3H2. The second-order valence-electron chi connectivity index (χ2n) is 12.9. The number of nitrogens with zero attached hydrogens (tertiary/aromatic N) is 1. The van der Waals surface area contributed by atoms with Crippen LogP contribution >= 0.6 is 0 Å². The highest BCUT2D eigenvalue weighted by Crippen LogP contribution is 2.12. The third-order valence-corrected chi connectivity index (χ3v) is 8.12. The first-order chi connectivity index (χ1) is 23.7. The molecule has 0 rings (SSSR count). The number of aliphatic carboxylic acids is 3. The van der Waals surface area contributed by atoms with E-state index in [9.17, 15) is 14.4 Å². The van der Waals surface area contributed by atoms with Gasteiger partial charge in [-0.05, 0) is 19.3 Å². The smallest absolute Gasteiger partial charge is 0.303 e. The van der Waals surface area contributed by atoms with Gasteiger partial charge in [0.15, 0.2) is 0 Å². The first kappa shape index (κ1) is 53.2. The molecule has 0 aliphatic heterocycles. The van der Waals surface area contributed by atoms with Crippen LogP contribution in [0.1, 0.15) is 213 Å². The Morgan fingerprint density at radius 1 is 0.367 bits per heavy atom. The van der Waals surface area contributed by atoms with Gasteiger partial charge < -0.3 is 20.2 Å². The van der Waals surface area contributed by atoms with E-state index in [1.807, 2.05) is 0 Å². The minimum Gasteiger partial charge on any atom is -0.481 e. The summed E-state index contributed by atoms with van der Waals surface area (Å²) in [6.07, 6.45) is 39.3. The Balaban J connectivity index is -0.000000283. The maximum atomic E-state index is 10.2. The van der Waals surface area contributed by atoms with Crippen LogP contribution in [0.4, 0.5) is 0 Å². The zero-order valence-corrected chi connectivity index (χ0v) is 32.6. The normalized spacial score (nSPS) is 9.86. The Morgan fingerprint density at radius 3 is 0.653 bits per heavy atom. The van der Waals surface area contributed by atoms with Gasteiger partial charge in [0.1, 0.15) is 0 Å². The molecule has 7 heteroatoms. The monoisotopic (exact) mass is 696 g/mol. The van der Waals surface area contributed by atoms with E-state index in [4.69, 9.17) is 15.3 Å². The van der Waals surface area contributed by atoms with Gasteiger partial charge >= 0.3 is 17.9 Å². The number of carboxylic acid groups (broad SMARTS) is 3. The van der Waals surface area contributed by atoms with Crippen molar-refractivity contribution in [1.82, 2.24) is 4.90 Å². The molecule has 0 bridgehead atoms. The molecule has 0 aromatic rings. The lowest BCUT2D eigenvalue weighted by molar-refractivity contribution is -0.138. The predicted octanol–water partition coefficient (Wildman–Crippen LogP) is 13.7. The lowest BCUT2D eigenvalue weighted by atomic mass is 10.1. The fraction of sp³-hybridized carbons (Fsp3) is 0.786. The zero-order chi connectivity index (χ0) is 37.6. The SMILES string of the molecule is C=CN(C=C)C=C.CCCCCCCCCCCC(=O)O.CCCCCCCCCCCC(=O)O.CCCCCCCCCCCC(=O)O. The minimum absolute atomic E-state index is 0.343. The lowest BCUT2D eigenvalue weighted by Gasteiger charge is -2.03. The molecule has 0 heterocycles. The van der Waals surface area contributed by atoms with Crippen LogP contribution in [-0.4, -0.2) is 38.1 Å². The van der Waals surface area contributed by atoms with Crippen molar-refractivity contribution in [2.45, 2.75) is 213 Å². The van der Waals surface area contributed by atoms with E-state index in [0.717, 1.165) is 38.5 Å². The van der Waals surface area contributed by atoms with Gasteiger partial charge in [-0.3, -0.25) is 14.4 Å². The van der Waals surface area contributed by atoms with Crippen molar-refractivity contribution in [1.29, 1.82) is 0 Å². The van der Waals surface area contributed by atoms with Gasteiger partial charge in [-0.2, -0.15) is 0 Å². The summed E-state index contributed by atoms with van der Waals surface area (Å²) in [7, 11) is 0. The Labute approximate surface area is 303 Å². The van der Waals surface area contributed by atoms with Gasteiger partial charge in [0, 0.05) is 37.9 Å². The summed E-state index contributed by atoms with van der Waals surface area (Å²) >= 11 is 0. The van der Waals surface area contributed by atoms with Gasteiger partial charge in [0.2, 0.25) is 0 Å². The van der Waals surface area contributed by atoms with Crippen LogP contribution in [-0.2, 0) is 14.4 Å². The fourth-order valence-corrected chi connectivity index (χ4v) is 4.98. The van der Waals surface area contributed by atoms with Crippen LogP contribution in [0.15, 0.2) is 38.3 Å². The van der Waals surface area contributed by atoms with E-state index in [1.54, 1.807) is 23.5 Å². The van der Waals surface area contributed by atoms with E-state index in [-0.39, 0.29) is 0 Å². The maximum Gasteiger partial charge on any atom is 0.303 e. The summed E-state index contributed by atoms with van der Waals surface area (Å²) in [5, 5.41) is 25.2. The molecule has 0 amide bonds. The van der Waals surface area contributed by atoms with Gasteiger partial charge in [0.05, 0.1) is 0 Å². The van der Waals surface area contributed by atoms with E-state index in [2.05, 4.69) is 40.5 Å². The molecule has 0 saturated heterocycles. The van der Waals surface area contributed by atoms with Crippen molar-refractivity contribution in [2.24, 2.45) is 0 Å². The first-order valence-corrected chi connectivity index (χ1v) is 20.0. The highest BCUT2D eigenvalue weighted by molar-refractivity contribution is 5.67. The van der Waals surface area contributed by atoms with E-state index in [1.165, 1.54) is 135 Å². The quantitative estimate of drug-likeness (QED) is 0.0585.